The van der Waals surface area contributed by atoms with Crippen LogP contribution in [0, 0.1) is 11.3 Å². The van der Waals surface area contributed by atoms with Crippen molar-refractivity contribution < 1.29 is 14.7 Å². The first-order valence-corrected chi connectivity index (χ1v) is 7.07. The summed E-state index contributed by atoms with van der Waals surface area (Å²) in [5.41, 5.74) is -0.487. The summed E-state index contributed by atoms with van der Waals surface area (Å²) in [5, 5.41) is 15.9. The lowest BCUT2D eigenvalue weighted by molar-refractivity contribution is -0.128. The van der Waals surface area contributed by atoms with E-state index in [9.17, 15) is 14.7 Å². The normalized spacial score (nSPS) is 28.8. The Kier molecular flexibility index (Phi) is 3.85. The van der Waals surface area contributed by atoms with Gasteiger partial charge in [0, 0.05) is 19.5 Å². The van der Waals surface area contributed by atoms with E-state index in [4.69, 9.17) is 0 Å². The van der Waals surface area contributed by atoms with Crippen LogP contribution >= 0.6 is 0 Å². The minimum absolute atomic E-state index is 0.0710. The zero-order valence-corrected chi connectivity index (χ0v) is 11.8. The van der Waals surface area contributed by atoms with E-state index in [0.29, 0.717) is 13.1 Å². The van der Waals surface area contributed by atoms with Crippen LogP contribution in [0.3, 0.4) is 0 Å². The maximum atomic E-state index is 11.9. The summed E-state index contributed by atoms with van der Waals surface area (Å²) in [5.74, 6) is -0.481. The fraction of sp³-hybridized carbons (Fsp3) is 0.857. The monoisotopic (exact) mass is 268 g/mol. The summed E-state index contributed by atoms with van der Waals surface area (Å²) in [7, 11) is 0. The van der Waals surface area contributed by atoms with Crippen LogP contribution in [0.1, 0.15) is 46.0 Å². The van der Waals surface area contributed by atoms with Crippen molar-refractivity contribution in [3.05, 3.63) is 0 Å². The van der Waals surface area contributed by atoms with Crippen molar-refractivity contribution in [1.82, 2.24) is 10.6 Å². The molecular formula is C14H24N2O3. The number of carbonyl (C=O) groups excluding carboxylic acids is 2. The molecule has 1 unspecified atom stereocenters. The molecule has 1 aliphatic heterocycles. The minimum atomic E-state index is -0.777. The molecule has 2 amide bonds. The Morgan fingerprint density at radius 2 is 2.00 bits per heavy atom. The average Bonchev–Trinajstić information content (AvgIpc) is 2.78. The van der Waals surface area contributed by atoms with Crippen molar-refractivity contribution in [3.8, 4) is 0 Å². The van der Waals surface area contributed by atoms with E-state index in [0.717, 1.165) is 25.7 Å². The molecule has 0 aromatic carbocycles. The van der Waals surface area contributed by atoms with Crippen molar-refractivity contribution >= 4 is 11.8 Å². The van der Waals surface area contributed by atoms with Crippen LogP contribution in [0.4, 0.5) is 0 Å². The molecule has 1 atom stereocenters. The summed E-state index contributed by atoms with van der Waals surface area (Å²) in [6.45, 7) is 5.13. The lowest BCUT2D eigenvalue weighted by Crippen LogP contribution is -2.48. The van der Waals surface area contributed by atoms with E-state index in [2.05, 4.69) is 24.5 Å². The molecule has 1 saturated heterocycles. The van der Waals surface area contributed by atoms with Crippen molar-refractivity contribution in [1.29, 1.82) is 0 Å². The van der Waals surface area contributed by atoms with Crippen LogP contribution < -0.4 is 10.6 Å². The quantitative estimate of drug-likeness (QED) is 0.700. The topological polar surface area (TPSA) is 78.4 Å². The molecule has 1 aliphatic carbocycles. The number of amides is 2. The highest BCUT2D eigenvalue weighted by Gasteiger charge is 2.37. The third-order valence-corrected chi connectivity index (χ3v) is 4.47. The first-order chi connectivity index (χ1) is 8.80. The fourth-order valence-electron chi connectivity index (χ4n) is 2.76. The van der Waals surface area contributed by atoms with E-state index in [-0.39, 0.29) is 29.6 Å². The first kappa shape index (κ1) is 14.3. The third-order valence-electron chi connectivity index (χ3n) is 4.47. The summed E-state index contributed by atoms with van der Waals surface area (Å²) < 4.78 is 0. The zero-order valence-electron chi connectivity index (χ0n) is 11.8. The van der Waals surface area contributed by atoms with Gasteiger partial charge in [-0.2, -0.15) is 0 Å². The second-order valence-electron chi connectivity index (χ2n) is 6.81. The van der Waals surface area contributed by atoms with E-state index in [1.54, 1.807) is 0 Å². The van der Waals surface area contributed by atoms with Gasteiger partial charge in [0.1, 0.15) is 0 Å². The summed E-state index contributed by atoms with van der Waals surface area (Å²) in [6.07, 6.45) is 3.66. The Morgan fingerprint density at radius 1 is 1.37 bits per heavy atom. The van der Waals surface area contributed by atoms with Gasteiger partial charge in [-0.3, -0.25) is 9.59 Å². The highest BCUT2D eigenvalue weighted by Crippen LogP contribution is 2.39. The van der Waals surface area contributed by atoms with Crippen LogP contribution in [0.5, 0.6) is 0 Å². The summed E-state index contributed by atoms with van der Waals surface area (Å²) >= 11 is 0. The molecule has 2 rings (SSSR count). The van der Waals surface area contributed by atoms with Crippen LogP contribution in [0.2, 0.25) is 0 Å². The van der Waals surface area contributed by atoms with E-state index in [1.165, 1.54) is 0 Å². The van der Waals surface area contributed by atoms with Crippen molar-refractivity contribution in [2.45, 2.75) is 51.6 Å². The van der Waals surface area contributed by atoms with Crippen molar-refractivity contribution in [3.63, 3.8) is 0 Å². The third kappa shape index (κ3) is 3.69. The summed E-state index contributed by atoms with van der Waals surface area (Å²) in [6, 6.07) is 0. The number of aliphatic hydroxyl groups is 1. The second-order valence-corrected chi connectivity index (χ2v) is 6.81. The molecule has 3 N–H and O–H groups in total. The van der Waals surface area contributed by atoms with Crippen molar-refractivity contribution in [2.24, 2.45) is 11.3 Å². The van der Waals surface area contributed by atoms with Gasteiger partial charge in [0.15, 0.2) is 0 Å². The number of rotatable bonds is 3. The van der Waals surface area contributed by atoms with Gasteiger partial charge in [0.2, 0.25) is 11.8 Å². The molecule has 5 nitrogen and oxygen atoms in total. The summed E-state index contributed by atoms with van der Waals surface area (Å²) in [4.78, 5) is 22.9. The Morgan fingerprint density at radius 3 is 2.53 bits per heavy atom. The molecule has 1 saturated carbocycles. The molecule has 0 spiro atoms. The highest BCUT2D eigenvalue weighted by molar-refractivity contribution is 5.89. The van der Waals surface area contributed by atoms with Crippen LogP contribution in [0.25, 0.3) is 0 Å². The predicted molar refractivity (Wildman–Crippen MR) is 71.3 cm³/mol. The number of carbonyl (C=O) groups is 2. The molecule has 5 heteroatoms. The van der Waals surface area contributed by atoms with Gasteiger partial charge < -0.3 is 15.7 Å². The molecule has 0 radical (unpaired) electrons. The standard InChI is InChI=1S/C14H24N2O3/c1-13(2)3-5-14(19,6-4-13)9-16-12(18)10-7-11(17)15-8-10/h10,19H,3-9H2,1-2H3,(H,15,17)(H,16,18). The second kappa shape index (κ2) is 5.12. The Balaban J connectivity index is 1.79. The van der Waals surface area contributed by atoms with E-state index >= 15 is 0 Å². The first-order valence-electron chi connectivity index (χ1n) is 7.07. The maximum Gasteiger partial charge on any atom is 0.225 e. The van der Waals surface area contributed by atoms with Gasteiger partial charge in [-0.05, 0) is 31.1 Å². The van der Waals surface area contributed by atoms with Crippen LogP contribution in [-0.2, 0) is 9.59 Å². The predicted octanol–water partition coefficient (Wildman–Crippen LogP) is 0.570. The van der Waals surface area contributed by atoms with E-state index in [1.807, 2.05) is 0 Å². The van der Waals surface area contributed by atoms with Gasteiger partial charge in [-0.15, -0.1) is 0 Å². The lowest BCUT2D eigenvalue weighted by atomic mass is 9.71. The minimum Gasteiger partial charge on any atom is -0.388 e. The fourth-order valence-corrected chi connectivity index (χ4v) is 2.76. The molecule has 0 bridgehead atoms. The molecule has 1 heterocycles. The average molecular weight is 268 g/mol. The van der Waals surface area contributed by atoms with Gasteiger partial charge >= 0.3 is 0 Å². The molecule has 108 valence electrons. The molecule has 19 heavy (non-hydrogen) atoms. The van der Waals surface area contributed by atoms with Crippen LogP contribution in [-0.4, -0.2) is 35.6 Å². The van der Waals surface area contributed by atoms with Gasteiger partial charge in [-0.25, -0.2) is 0 Å². The van der Waals surface area contributed by atoms with Crippen LogP contribution in [0.15, 0.2) is 0 Å². The molecular weight excluding hydrogens is 244 g/mol. The number of hydrogen-bond donors (Lipinski definition) is 3. The Bertz CT molecular complexity index is 369. The largest absolute Gasteiger partial charge is 0.388 e. The van der Waals surface area contributed by atoms with Crippen molar-refractivity contribution in [2.75, 3.05) is 13.1 Å². The maximum absolute atomic E-state index is 11.9. The van der Waals surface area contributed by atoms with Gasteiger partial charge in [-0.1, -0.05) is 13.8 Å². The smallest absolute Gasteiger partial charge is 0.225 e. The SMILES string of the molecule is CC1(C)CCC(O)(CNC(=O)C2CNC(=O)C2)CC1. The molecule has 2 aliphatic rings. The number of hydrogen-bond acceptors (Lipinski definition) is 3. The van der Waals surface area contributed by atoms with Gasteiger partial charge in [0.25, 0.3) is 0 Å². The highest BCUT2D eigenvalue weighted by atomic mass is 16.3. The lowest BCUT2D eigenvalue weighted by Gasteiger charge is -2.40. The Hall–Kier alpha value is -1.10. The molecule has 0 aromatic heterocycles. The molecule has 2 fully saturated rings. The van der Waals surface area contributed by atoms with E-state index < -0.39 is 5.60 Å². The number of nitrogens with one attached hydrogen (secondary N) is 2. The molecule has 0 aromatic rings. The van der Waals surface area contributed by atoms with Gasteiger partial charge in [0.05, 0.1) is 11.5 Å². The Labute approximate surface area is 114 Å². The zero-order chi connectivity index (χ0) is 14.1.